The summed E-state index contributed by atoms with van der Waals surface area (Å²) < 4.78 is 0. The summed E-state index contributed by atoms with van der Waals surface area (Å²) in [6.45, 7) is 3.62. The molecule has 0 unspecified atom stereocenters. The number of benzene rings is 2. The summed E-state index contributed by atoms with van der Waals surface area (Å²) >= 11 is 0. The summed E-state index contributed by atoms with van der Waals surface area (Å²) in [6.07, 6.45) is 5.77. The first-order valence-corrected chi connectivity index (χ1v) is 9.97. The van der Waals surface area contributed by atoms with Gasteiger partial charge >= 0.3 is 0 Å². The number of nitriles is 1. The molecule has 1 aliphatic carbocycles. The predicted octanol–water partition coefficient (Wildman–Crippen LogP) is 4.95. The van der Waals surface area contributed by atoms with Crippen molar-refractivity contribution in [1.29, 1.82) is 5.26 Å². The monoisotopic (exact) mass is 357 g/mol. The molecule has 0 bridgehead atoms. The number of carbonyl (C=O) groups excluding carboxylic acids is 1. The fourth-order valence-electron chi connectivity index (χ4n) is 4.22. The highest BCUT2D eigenvalue weighted by molar-refractivity contribution is 5.95. The van der Waals surface area contributed by atoms with Crippen molar-refractivity contribution in [3.05, 3.63) is 70.3 Å². The van der Waals surface area contributed by atoms with Crippen LogP contribution in [0.5, 0.6) is 0 Å². The molecule has 1 heterocycles. The third kappa shape index (κ3) is 3.62. The second-order valence-corrected chi connectivity index (χ2v) is 7.91. The standard InChI is InChI=1S/C24H25N2O/c1-17-15-22(19-3-2-4-19)9-10-23(17)24(27)26-13-11-21(12-14-26)20-7-5-18(16-25)6-8-20/h5-8,10,15,19,21H,2-4,11-14H2,1H3. The van der Waals surface area contributed by atoms with Gasteiger partial charge in [-0.1, -0.05) is 24.6 Å². The van der Waals surface area contributed by atoms with E-state index in [1.807, 2.05) is 30.0 Å². The van der Waals surface area contributed by atoms with E-state index >= 15 is 0 Å². The van der Waals surface area contributed by atoms with E-state index in [9.17, 15) is 4.79 Å². The van der Waals surface area contributed by atoms with Gasteiger partial charge in [-0.25, -0.2) is 0 Å². The molecule has 1 saturated carbocycles. The number of aryl methyl sites for hydroxylation is 1. The molecule has 3 nitrogen and oxygen atoms in total. The molecule has 1 aliphatic heterocycles. The van der Waals surface area contributed by atoms with Crippen LogP contribution in [0.1, 0.15) is 76.6 Å². The van der Waals surface area contributed by atoms with Gasteiger partial charge in [-0.2, -0.15) is 5.26 Å². The predicted molar refractivity (Wildman–Crippen MR) is 106 cm³/mol. The van der Waals surface area contributed by atoms with Crippen LogP contribution < -0.4 is 0 Å². The average Bonchev–Trinajstić information content (AvgIpc) is 2.66. The van der Waals surface area contributed by atoms with Crippen LogP contribution in [-0.4, -0.2) is 23.9 Å². The van der Waals surface area contributed by atoms with Crippen LogP contribution in [0.25, 0.3) is 0 Å². The van der Waals surface area contributed by atoms with E-state index in [1.165, 1.54) is 30.4 Å². The lowest BCUT2D eigenvalue weighted by Gasteiger charge is -2.33. The van der Waals surface area contributed by atoms with E-state index in [2.05, 4.69) is 30.3 Å². The second-order valence-electron chi connectivity index (χ2n) is 7.91. The van der Waals surface area contributed by atoms with Gasteiger partial charge in [-0.3, -0.25) is 4.79 Å². The van der Waals surface area contributed by atoms with Gasteiger partial charge in [0, 0.05) is 18.7 Å². The molecule has 2 fully saturated rings. The van der Waals surface area contributed by atoms with Gasteiger partial charge in [0.15, 0.2) is 0 Å². The quantitative estimate of drug-likeness (QED) is 0.780. The highest BCUT2D eigenvalue weighted by Crippen LogP contribution is 2.37. The maximum absolute atomic E-state index is 13.0. The molecule has 0 spiro atoms. The number of rotatable bonds is 3. The molecule has 0 atom stereocenters. The van der Waals surface area contributed by atoms with Gasteiger partial charge < -0.3 is 4.90 Å². The van der Waals surface area contributed by atoms with Gasteiger partial charge in [-0.15, -0.1) is 0 Å². The third-order valence-corrected chi connectivity index (χ3v) is 6.25. The zero-order valence-corrected chi connectivity index (χ0v) is 15.9. The van der Waals surface area contributed by atoms with E-state index in [-0.39, 0.29) is 5.91 Å². The maximum atomic E-state index is 13.0. The molecule has 4 rings (SSSR count). The highest BCUT2D eigenvalue weighted by atomic mass is 16.2. The van der Waals surface area contributed by atoms with Crippen LogP contribution in [0.15, 0.2) is 36.4 Å². The zero-order chi connectivity index (χ0) is 18.8. The molecule has 1 radical (unpaired) electrons. The minimum Gasteiger partial charge on any atom is -0.339 e. The number of amides is 1. The Balaban J connectivity index is 1.40. The molecular formula is C24H25N2O. The normalized spacial score (nSPS) is 18.0. The molecule has 1 amide bonds. The fraction of sp³-hybridized carbons (Fsp3) is 0.417. The molecule has 3 heteroatoms. The zero-order valence-electron chi connectivity index (χ0n) is 15.9. The number of likely N-dealkylation sites (tertiary alicyclic amines) is 1. The smallest absolute Gasteiger partial charge is 0.254 e. The second kappa shape index (κ2) is 7.56. The van der Waals surface area contributed by atoms with Gasteiger partial charge in [0.25, 0.3) is 5.91 Å². The fourth-order valence-corrected chi connectivity index (χ4v) is 4.22. The molecule has 137 valence electrons. The Labute approximate surface area is 161 Å². The molecule has 0 N–H and O–H groups in total. The Morgan fingerprint density at radius 3 is 2.37 bits per heavy atom. The summed E-state index contributed by atoms with van der Waals surface area (Å²) in [6, 6.07) is 17.5. The van der Waals surface area contributed by atoms with E-state index < -0.39 is 0 Å². The van der Waals surface area contributed by atoms with Crippen LogP contribution in [0, 0.1) is 24.3 Å². The summed E-state index contributed by atoms with van der Waals surface area (Å²) in [5.74, 6) is 1.26. The largest absolute Gasteiger partial charge is 0.339 e. The number of carbonyl (C=O) groups is 1. The molecule has 1 saturated heterocycles. The Kier molecular flexibility index (Phi) is 4.99. The van der Waals surface area contributed by atoms with Crippen LogP contribution in [-0.2, 0) is 0 Å². The van der Waals surface area contributed by atoms with E-state index in [1.54, 1.807) is 0 Å². The van der Waals surface area contributed by atoms with Crippen molar-refractivity contribution >= 4 is 5.91 Å². The Morgan fingerprint density at radius 1 is 1.11 bits per heavy atom. The molecule has 2 aliphatic rings. The van der Waals surface area contributed by atoms with Crippen molar-refractivity contribution in [2.24, 2.45) is 0 Å². The Hall–Kier alpha value is -2.60. The van der Waals surface area contributed by atoms with Crippen LogP contribution in [0.3, 0.4) is 0 Å². The van der Waals surface area contributed by atoms with Crippen molar-refractivity contribution in [3.63, 3.8) is 0 Å². The lowest BCUT2D eigenvalue weighted by atomic mass is 9.79. The van der Waals surface area contributed by atoms with E-state index in [4.69, 9.17) is 5.26 Å². The van der Waals surface area contributed by atoms with Gasteiger partial charge in [0.1, 0.15) is 0 Å². The third-order valence-electron chi connectivity index (χ3n) is 6.25. The summed E-state index contributed by atoms with van der Waals surface area (Å²) in [5.41, 5.74) is 5.12. The number of nitrogens with zero attached hydrogens (tertiary/aromatic N) is 2. The first-order chi connectivity index (χ1) is 13.2. The molecule has 2 aromatic carbocycles. The van der Waals surface area contributed by atoms with Crippen molar-refractivity contribution in [1.82, 2.24) is 4.90 Å². The maximum Gasteiger partial charge on any atom is 0.254 e. The molecular weight excluding hydrogens is 332 g/mol. The highest BCUT2D eigenvalue weighted by Gasteiger charge is 2.26. The van der Waals surface area contributed by atoms with Crippen LogP contribution >= 0.6 is 0 Å². The van der Waals surface area contributed by atoms with Crippen molar-refractivity contribution in [3.8, 4) is 6.07 Å². The minimum atomic E-state index is 0.141. The number of hydrogen-bond acceptors (Lipinski definition) is 2. The topological polar surface area (TPSA) is 44.1 Å². The average molecular weight is 357 g/mol. The minimum absolute atomic E-state index is 0.141. The number of piperidine rings is 1. The van der Waals surface area contributed by atoms with Crippen molar-refractivity contribution in [2.45, 2.75) is 50.9 Å². The summed E-state index contributed by atoms with van der Waals surface area (Å²) in [4.78, 5) is 15.0. The van der Waals surface area contributed by atoms with Crippen molar-refractivity contribution in [2.75, 3.05) is 13.1 Å². The summed E-state index contributed by atoms with van der Waals surface area (Å²) in [7, 11) is 0. The van der Waals surface area contributed by atoms with E-state index in [0.29, 0.717) is 17.4 Å². The van der Waals surface area contributed by atoms with Crippen molar-refractivity contribution < 1.29 is 4.79 Å². The van der Waals surface area contributed by atoms with Gasteiger partial charge in [0.05, 0.1) is 11.6 Å². The van der Waals surface area contributed by atoms with Crippen LogP contribution in [0.2, 0.25) is 0 Å². The first-order valence-electron chi connectivity index (χ1n) is 9.97. The molecule has 27 heavy (non-hydrogen) atoms. The SMILES string of the molecule is Cc1cc(C2CCC2)[c]cc1C(=O)N1CCC(c2ccc(C#N)cc2)CC1. The Morgan fingerprint density at radius 2 is 1.81 bits per heavy atom. The van der Waals surface area contributed by atoms with Gasteiger partial charge in [-0.05, 0) is 85.4 Å². The first kappa shape index (κ1) is 17.8. The van der Waals surface area contributed by atoms with Crippen LogP contribution in [0.4, 0.5) is 0 Å². The Bertz CT molecular complexity index is 866. The lowest BCUT2D eigenvalue weighted by Crippen LogP contribution is -2.38. The molecule has 2 aromatic rings. The lowest BCUT2D eigenvalue weighted by molar-refractivity contribution is 0.0712. The number of hydrogen-bond donors (Lipinski definition) is 0. The molecule has 0 aromatic heterocycles. The van der Waals surface area contributed by atoms with E-state index in [0.717, 1.165) is 37.1 Å². The van der Waals surface area contributed by atoms with Gasteiger partial charge in [0.2, 0.25) is 0 Å². The summed E-state index contributed by atoms with van der Waals surface area (Å²) in [5, 5.41) is 8.93.